The van der Waals surface area contributed by atoms with Crippen LogP contribution in [0.3, 0.4) is 0 Å². The molecule has 0 unspecified atom stereocenters. The number of amides is 1. The summed E-state index contributed by atoms with van der Waals surface area (Å²) in [6, 6.07) is 26.5. The number of benzene rings is 3. The van der Waals surface area contributed by atoms with Crippen LogP contribution in [-0.4, -0.2) is 17.2 Å². The summed E-state index contributed by atoms with van der Waals surface area (Å²) in [6.07, 6.45) is 2.94. The molecule has 28 heavy (non-hydrogen) atoms. The quantitative estimate of drug-likeness (QED) is 0.243. The minimum Gasteiger partial charge on any atom is -0.507 e. The summed E-state index contributed by atoms with van der Waals surface area (Å²) < 4.78 is 0.827. The maximum absolute atomic E-state index is 12.3. The molecule has 0 bridgehead atoms. The van der Waals surface area contributed by atoms with Crippen LogP contribution in [-0.2, 0) is 4.79 Å². The maximum Gasteiger partial charge on any atom is 0.265 e. The second-order valence-corrected chi connectivity index (χ2v) is 8.08. The van der Waals surface area contributed by atoms with E-state index in [2.05, 4.69) is 10.5 Å². The van der Waals surface area contributed by atoms with Crippen molar-refractivity contribution in [3.05, 3.63) is 101 Å². The van der Waals surface area contributed by atoms with Gasteiger partial charge in [0.15, 0.2) is 0 Å². The molecule has 0 spiro atoms. The molecule has 6 heteroatoms. The van der Waals surface area contributed by atoms with Crippen LogP contribution in [0.1, 0.15) is 5.56 Å². The van der Waals surface area contributed by atoms with Gasteiger partial charge in [-0.15, -0.1) is 0 Å². The topological polar surface area (TPSA) is 61.7 Å². The van der Waals surface area contributed by atoms with E-state index in [1.165, 1.54) is 35.8 Å². The number of phenols is 1. The Hall–Kier alpha value is -2.96. The summed E-state index contributed by atoms with van der Waals surface area (Å²) in [5.41, 5.74) is 3.01. The molecule has 0 saturated heterocycles. The largest absolute Gasteiger partial charge is 0.507 e. The van der Waals surface area contributed by atoms with E-state index in [0.717, 1.165) is 14.0 Å². The van der Waals surface area contributed by atoms with Gasteiger partial charge in [0.2, 0.25) is 0 Å². The number of rotatable bonds is 7. The van der Waals surface area contributed by atoms with Gasteiger partial charge in [0.05, 0.1) is 10.5 Å². The van der Waals surface area contributed by atoms with Gasteiger partial charge in [-0.3, -0.25) is 4.79 Å². The van der Waals surface area contributed by atoms with Gasteiger partial charge >= 0.3 is 0 Å². The van der Waals surface area contributed by atoms with Crippen molar-refractivity contribution in [2.75, 3.05) is 0 Å². The zero-order valence-electron chi connectivity index (χ0n) is 14.9. The first-order valence-electron chi connectivity index (χ1n) is 8.49. The predicted octanol–water partition coefficient (Wildman–Crippen LogP) is 5.27. The van der Waals surface area contributed by atoms with Crippen molar-refractivity contribution >= 4 is 35.6 Å². The van der Waals surface area contributed by atoms with E-state index in [9.17, 15) is 9.90 Å². The molecule has 0 aliphatic heterocycles. The van der Waals surface area contributed by atoms with Crippen molar-refractivity contribution in [3.8, 4) is 5.75 Å². The lowest BCUT2D eigenvalue weighted by atomic mass is 10.2. The lowest BCUT2D eigenvalue weighted by Gasteiger charge is -2.07. The molecule has 3 rings (SSSR count). The third kappa shape index (κ3) is 6.33. The summed E-state index contributed by atoms with van der Waals surface area (Å²) in [7, 11) is 0. The Morgan fingerprint density at radius 1 is 0.821 bits per heavy atom. The first kappa shape index (κ1) is 19.8. The minimum absolute atomic E-state index is 0.107. The number of hydrogen-bond acceptors (Lipinski definition) is 5. The molecule has 0 saturated carbocycles. The number of carbonyl (C=O) groups excluding carboxylic acids is 1. The molecule has 0 aromatic heterocycles. The molecule has 4 nitrogen and oxygen atoms in total. The first-order chi connectivity index (χ1) is 13.7. The number of nitrogens with one attached hydrogen (secondary N) is 1. The number of nitrogens with zero attached hydrogens (tertiary/aromatic N) is 1. The highest BCUT2D eigenvalue weighted by Gasteiger charge is 2.07. The fraction of sp³-hybridized carbons (Fsp3) is 0. The van der Waals surface area contributed by atoms with Gasteiger partial charge in [-0.05, 0) is 36.4 Å². The van der Waals surface area contributed by atoms with Crippen molar-refractivity contribution < 1.29 is 9.90 Å². The molecule has 1 amide bonds. The zero-order valence-corrected chi connectivity index (χ0v) is 16.5. The van der Waals surface area contributed by atoms with Gasteiger partial charge in [0.25, 0.3) is 5.91 Å². The number of para-hydroxylation sites is 1. The monoisotopic (exact) mass is 406 g/mol. The molecule has 0 atom stereocenters. The maximum atomic E-state index is 12.3. The molecule has 2 N–H and O–H groups in total. The van der Waals surface area contributed by atoms with E-state index in [4.69, 9.17) is 0 Å². The van der Waals surface area contributed by atoms with Gasteiger partial charge in [-0.2, -0.15) is 5.10 Å². The number of aromatic hydroxyl groups is 1. The normalized spacial score (nSPS) is 10.6. The van der Waals surface area contributed by atoms with E-state index >= 15 is 0 Å². The van der Waals surface area contributed by atoms with Crippen LogP contribution in [0.5, 0.6) is 5.75 Å². The Kier molecular flexibility index (Phi) is 7.35. The summed E-state index contributed by atoms with van der Waals surface area (Å²) >= 11 is 3.03. The highest BCUT2D eigenvalue weighted by atomic mass is 32.2. The van der Waals surface area contributed by atoms with E-state index in [0.29, 0.717) is 5.56 Å². The molecule has 0 fully saturated rings. The van der Waals surface area contributed by atoms with Gasteiger partial charge in [0, 0.05) is 21.4 Å². The van der Waals surface area contributed by atoms with Crippen LogP contribution in [0.4, 0.5) is 0 Å². The Morgan fingerprint density at radius 3 is 1.93 bits per heavy atom. The van der Waals surface area contributed by atoms with Crippen LogP contribution in [0.15, 0.2) is 110 Å². The molecule has 0 aliphatic carbocycles. The van der Waals surface area contributed by atoms with Crippen LogP contribution < -0.4 is 5.43 Å². The van der Waals surface area contributed by atoms with E-state index in [1.807, 2.05) is 60.7 Å². The molecular weight excluding hydrogens is 388 g/mol. The van der Waals surface area contributed by atoms with Crippen LogP contribution in [0.25, 0.3) is 0 Å². The van der Waals surface area contributed by atoms with E-state index < -0.39 is 0 Å². The average molecular weight is 407 g/mol. The lowest BCUT2D eigenvalue weighted by Crippen LogP contribution is -2.14. The van der Waals surface area contributed by atoms with Crippen molar-refractivity contribution in [1.82, 2.24) is 5.43 Å². The van der Waals surface area contributed by atoms with Crippen LogP contribution in [0, 0.1) is 0 Å². The number of hydrogen-bond donors (Lipinski definition) is 2. The Balaban J connectivity index is 1.71. The van der Waals surface area contributed by atoms with Crippen LogP contribution >= 0.6 is 23.5 Å². The van der Waals surface area contributed by atoms with Crippen LogP contribution in [0.2, 0.25) is 0 Å². The summed E-state index contributed by atoms with van der Waals surface area (Å²) in [5, 5.41) is 13.6. The second-order valence-electron chi connectivity index (χ2n) is 5.59. The third-order valence-electron chi connectivity index (χ3n) is 3.49. The zero-order chi connectivity index (χ0) is 19.6. The van der Waals surface area contributed by atoms with Crippen molar-refractivity contribution in [2.24, 2.45) is 5.10 Å². The average Bonchev–Trinajstić information content (AvgIpc) is 2.71. The van der Waals surface area contributed by atoms with Gasteiger partial charge < -0.3 is 5.11 Å². The van der Waals surface area contributed by atoms with E-state index in [-0.39, 0.29) is 11.7 Å². The number of carbonyl (C=O) groups is 1. The van der Waals surface area contributed by atoms with Gasteiger partial charge in [0.1, 0.15) is 5.75 Å². The third-order valence-corrected chi connectivity index (χ3v) is 5.64. The highest BCUT2D eigenvalue weighted by molar-refractivity contribution is 8.22. The standard InChI is InChI=1S/C22H18N2O2S2/c25-20-14-8-7-9-17(20)16-23-24-21(26)15-22(27-18-10-3-1-4-11-18)28-19-12-5-2-6-13-19/h1-16,25H,(H,24,26)/b23-16+. The highest BCUT2D eigenvalue weighted by Crippen LogP contribution is 2.38. The molecule has 3 aromatic rings. The predicted molar refractivity (Wildman–Crippen MR) is 117 cm³/mol. The Bertz CT molecular complexity index is 931. The molecule has 0 radical (unpaired) electrons. The van der Waals surface area contributed by atoms with Gasteiger partial charge in [-0.25, -0.2) is 5.43 Å². The molecule has 140 valence electrons. The lowest BCUT2D eigenvalue weighted by molar-refractivity contribution is -0.116. The van der Waals surface area contributed by atoms with Crippen molar-refractivity contribution in [2.45, 2.75) is 9.79 Å². The second kappa shape index (κ2) is 10.4. The molecule has 3 aromatic carbocycles. The molecular formula is C22H18N2O2S2. The van der Waals surface area contributed by atoms with Gasteiger partial charge in [-0.1, -0.05) is 72.1 Å². The molecule has 0 aliphatic rings. The molecule has 0 heterocycles. The smallest absolute Gasteiger partial charge is 0.265 e. The summed E-state index contributed by atoms with van der Waals surface area (Å²) in [5.74, 6) is -0.232. The summed E-state index contributed by atoms with van der Waals surface area (Å²) in [6.45, 7) is 0. The number of phenolic OH excluding ortho intramolecular Hbond substituents is 1. The Labute approximate surface area is 172 Å². The van der Waals surface area contributed by atoms with Crippen molar-refractivity contribution in [3.63, 3.8) is 0 Å². The van der Waals surface area contributed by atoms with E-state index in [1.54, 1.807) is 24.3 Å². The summed E-state index contributed by atoms with van der Waals surface area (Å²) in [4.78, 5) is 14.4. The number of hydrazone groups is 1. The van der Waals surface area contributed by atoms with Crippen molar-refractivity contribution in [1.29, 1.82) is 0 Å². The number of thioether (sulfide) groups is 2. The fourth-order valence-corrected chi connectivity index (χ4v) is 4.32. The SMILES string of the molecule is O=C(C=C(Sc1ccccc1)Sc1ccccc1)N/N=C/c1ccccc1O. The first-order valence-corrected chi connectivity index (χ1v) is 10.1. The Morgan fingerprint density at radius 2 is 1.36 bits per heavy atom. The fourth-order valence-electron chi connectivity index (χ4n) is 2.19. The minimum atomic E-state index is -0.339.